The molecule has 0 unspecified atom stereocenters. The zero-order valence-corrected chi connectivity index (χ0v) is 16.2. The summed E-state index contributed by atoms with van der Waals surface area (Å²) in [6.45, 7) is 17.6. The summed E-state index contributed by atoms with van der Waals surface area (Å²) in [5.41, 5.74) is 2.90. The van der Waals surface area contributed by atoms with Crippen LogP contribution in [-0.2, 0) is 10.8 Å². The van der Waals surface area contributed by atoms with Crippen molar-refractivity contribution >= 4 is 5.91 Å². The predicted octanol–water partition coefficient (Wildman–Crippen LogP) is 3.34. The van der Waals surface area contributed by atoms with Crippen molar-refractivity contribution in [2.75, 3.05) is 26.2 Å². The van der Waals surface area contributed by atoms with Crippen LogP contribution in [0.15, 0.2) is 6.07 Å². The molecule has 2 rings (SSSR count). The van der Waals surface area contributed by atoms with Gasteiger partial charge in [-0.2, -0.15) is 0 Å². The molecule has 1 fully saturated rings. The number of hydrogen-bond acceptors (Lipinski definition) is 3. The molecule has 24 heavy (non-hydrogen) atoms. The molecule has 1 amide bonds. The largest absolute Gasteiger partial charge is 0.507 e. The van der Waals surface area contributed by atoms with Crippen LogP contribution in [0.25, 0.3) is 0 Å². The molecule has 0 saturated carbocycles. The average molecular weight is 332 g/mol. The van der Waals surface area contributed by atoms with Gasteiger partial charge in [-0.1, -0.05) is 41.5 Å². The van der Waals surface area contributed by atoms with Crippen LogP contribution in [-0.4, -0.2) is 42.1 Å². The van der Waals surface area contributed by atoms with E-state index in [9.17, 15) is 9.90 Å². The van der Waals surface area contributed by atoms with Crippen LogP contribution >= 0.6 is 0 Å². The monoisotopic (exact) mass is 332 g/mol. The fourth-order valence-electron chi connectivity index (χ4n) is 3.52. The van der Waals surface area contributed by atoms with Gasteiger partial charge in [-0.3, -0.25) is 4.79 Å². The van der Waals surface area contributed by atoms with E-state index in [-0.39, 0.29) is 16.7 Å². The lowest BCUT2D eigenvalue weighted by Gasteiger charge is -2.32. The summed E-state index contributed by atoms with van der Waals surface area (Å²) in [5, 5.41) is 14.2. The first-order valence-electron chi connectivity index (χ1n) is 8.82. The summed E-state index contributed by atoms with van der Waals surface area (Å²) in [6.07, 6.45) is 0. The molecule has 0 spiro atoms. The summed E-state index contributed by atoms with van der Waals surface area (Å²) in [4.78, 5) is 15.0. The lowest BCUT2D eigenvalue weighted by Crippen LogP contribution is -2.46. The number of nitrogens with zero attached hydrogens (tertiary/aromatic N) is 1. The van der Waals surface area contributed by atoms with E-state index in [0.29, 0.717) is 5.75 Å². The van der Waals surface area contributed by atoms with E-state index >= 15 is 0 Å². The Hall–Kier alpha value is -1.55. The van der Waals surface area contributed by atoms with Crippen molar-refractivity contribution in [3.8, 4) is 5.75 Å². The molecule has 0 bridgehead atoms. The number of hydrogen-bond donors (Lipinski definition) is 2. The van der Waals surface area contributed by atoms with Gasteiger partial charge in [0.1, 0.15) is 5.75 Å². The number of carbonyl (C=O) groups excluding carboxylic acids is 1. The third-order valence-corrected chi connectivity index (χ3v) is 4.75. The molecule has 1 aliphatic rings. The van der Waals surface area contributed by atoms with Crippen molar-refractivity contribution in [2.24, 2.45) is 0 Å². The van der Waals surface area contributed by atoms with E-state index in [1.165, 1.54) is 0 Å². The molecule has 4 nitrogen and oxygen atoms in total. The maximum atomic E-state index is 13.1. The van der Waals surface area contributed by atoms with Crippen LogP contribution in [0.3, 0.4) is 0 Å². The van der Waals surface area contributed by atoms with Gasteiger partial charge in [0.25, 0.3) is 5.91 Å². The zero-order valence-electron chi connectivity index (χ0n) is 16.2. The van der Waals surface area contributed by atoms with Crippen LogP contribution in [0.4, 0.5) is 0 Å². The van der Waals surface area contributed by atoms with Crippen molar-refractivity contribution in [1.29, 1.82) is 0 Å². The topological polar surface area (TPSA) is 52.6 Å². The number of amides is 1. The minimum atomic E-state index is -0.228. The Bertz CT molecular complexity index is 631. The fourth-order valence-corrected chi connectivity index (χ4v) is 3.52. The Morgan fingerprint density at radius 2 is 1.62 bits per heavy atom. The highest BCUT2D eigenvalue weighted by Crippen LogP contribution is 2.42. The molecule has 2 N–H and O–H groups in total. The highest BCUT2D eigenvalue weighted by atomic mass is 16.3. The average Bonchev–Trinajstić information content (AvgIpc) is 2.45. The van der Waals surface area contributed by atoms with Crippen molar-refractivity contribution < 1.29 is 9.90 Å². The Balaban J connectivity index is 2.65. The summed E-state index contributed by atoms with van der Waals surface area (Å²) < 4.78 is 0. The van der Waals surface area contributed by atoms with E-state index in [1.54, 1.807) is 0 Å². The molecule has 1 saturated heterocycles. The van der Waals surface area contributed by atoms with E-state index in [1.807, 2.05) is 17.9 Å². The maximum Gasteiger partial charge on any atom is 0.254 e. The normalized spacial score (nSPS) is 16.4. The van der Waals surface area contributed by atoms with Crippen LogP contribution in [0.2, 0.25) is 0 Å². The number of carbonyl (C=O) groups is 1. The molecule has 0 aromatic heterocycles. The molecule has 1 aromatic carbocycles. The van der Waals surface area contributed by atoms with Crippen LogP contribution in [0, 0.1) is 6.92 Å². The van der Waals surface area contributed by atoms with E-state index in [4.69, 9.17) is 0 Å². The molecule has 0 radical (unpaired) electrons. The first-order valence-corrected chi connectivity index (χ1v) is 8.82. The SMILES string of the molecule is Cc1c(C(=O)N2CCNCC2)cc(C(C)(C)C)c(O)c1C(C)(C)C. The number of benzene rings is 1. The summed E-state index contributed by atoms with van der Waals surface area (Å²) >= 11 is 0. The van der Waals surface area contributed by atoms with Crippen LogP contribution < -0.4 is 5.32 Å². The summed E-state index contributed by atoms with van der Waals surface area (Å²) in [5.74, 6) is 0.411. The summed E-state index contributed by atoms with van der Waals surface area (Å²) in [7, 11) is 0. The van der Waals surface area contributed by atoms with Gasteiger partial charge in [-0.15, -0.1) is 0 Å². The molecular weight excluding hydrogens is 300 g/mol. The van der Waals surface area contributed by atoms with Crippen molar-refractivity contribution in [3.05, 3.63) is 28.3 Å². The van der Waals surface area contributed by atoms with Gasteiger partial charge in [0.15, 0.2) is 0 Å². The number of piperazine rings is 1. The van der Waals surface area contributed by atoms with Crippen LogP contribution in [0.5, 0.6) is 5.75 Å². The predicted molar refractivity (Wildman–Crippen MR) is 99.0 cm³/mol. The molecule has 1 heterocycles. The van der Waals surface area contributed by atoms with E-state index in [2.05, 4.69) is 46.9 Å². The van der Waals surface area contributed by atoms with Gasteiger partial charge < -0.3 is 15.3 Å². The third kappa shape index (κ3) is 3.59. The Labute approximate surface area is 146 Å². The molecule has 1 aliphatic heterocycles. The van der Waals surface area contributed by atoms with Crippen molar-refractivity contribution in [2.45, 2.75) is 59.3 Å². The molecule has 4 heteroatoms. The van der Waals surface area contributed by atoms with Gasteiger partial charge in [0, 0.05) is 42.9 Å². The number of phenols is 1. The smallest absolute Gasteiger partial charge is 0.254 e. The number of phenolic OH excluding ortho intramolecular Hbond substituents is 1. The second-order valence-electron chi connectivity index (χ2n) is 8.86. The summed E-state index contributed by atoms with van der Waals surface area (Å²) in [6, 6.07) is 1.91. The van der Waals surface area contributed by atoms with E-state index in [0.717, 1.165) is 48.4 Å². The minimum Gasteiger partial charge on any atom is -0.507 e. The lowest BCUT2D eigenvalue weighted by molar-refractivity contribution is 0.0734. The highest BCUT2D eigenvalue weighted by Gasteiger charge is 2.31. The number of aromatic hydroxyl groups is 1. The van der Waals surface area contributed by atoms with Gasteiger partial charge >= 0.3 is 0 Å². The molecule has 0 atom stereocenters. The van der Waals surface area contributed by atoms with E-state index < -0.39 is 0 Å². The van der Waals surface area contributed by atoms with Gasteiger partial charge in [0.2, 0.25) is 0 Å². The fraction of sp³-hybridized carbons (Fsp3) is 0.650. The molecule has 0 aliphatic carbocycles. The highest BCUT2D eigenvalue weighted by molar-refractivity contribution is 5.97. The first kappa shape index (κ1) is 18.8. The van der Waals surface area contributed by atoms with Crippen LogP contribution in [0.1, 0.15) is 68.6 Å². The van der Waals surface area contributed by atoms with Gasteiger partial charge in [-0.05, 0) is 29.4 Å². The molecular formula is C20H32N2O2. The minimum absolute atomic E-state index is 0.0741. The molecule has 1 aromatic rings. The number of rotatable bonds is 1. The second kappa shape index (κ2) is 6.40. The molecule has 134 valence electrons. The third-order valence-electron chi connectivity index (χ3n) is 4.75. The Morgan fingerprint density at radius 1 is 1.08 bits per heavy atom. The van der Waals surface area contributed by atoms with Crippen molar-refractivity contribution in [1.82, 2.24) is 10.2 Å². The van der Waals surface area contributed by atoms with Gasteiger partial charge in [0.05, 0.1) is 0 Å². The quantitative estimate of drug-likeness (QED) is 0.829. The number of nitrogens with one attached hydrogen (secondary N) is 1. The second-order valence-corrected chi connectivity index (χ2v) is 8.86. The first-order chi connectivity index (χ1) is 10.9. The Kier molecular flexibility index (Phi) is 5.01. The lowest BCUT2D eigenvalue weighted by atomic mass is 9.76. The standard InChI is InChI=1S/C20H32N2O2/c1-13-14(18(24)22-10-8-21-9-11-22)12-15(19(2,3)4)17(23)16(13)20(5,6)7/h12,21,23H,8-11H2,1-7H3. The maximum absolute atomic E-state index is 13.1. The Morgan fingerprint density at radius 3 is 2.08 bits per heavy atom. The zero-order chi connectivity index (χ0) is 18.3. The van der Waals surface area contributed by atoms with Gasteiger partial charge in [-0.25, -0.2) is 0 Å². The van der Waals surface area contributed by atoms with Crippen molar-refractivity contribution in [3.63, 3.8) is 0 Å².